The van der Waals surface area contributed by atoms with Crippen LogP contribution in [-0.2, 0) is 13.0 Å². The Morgan fingerprint density at radius 2 is 2.18 bits per heavy atom. The molecule has 0 amide bonds. The lowest BCUT2D eigenvalue weighted by molar-refractivity contribution is 0.768. The van der Waals surface area contributed by atoms with E-state index >= 15 is 0 Å². The van der Waals surface area contributed by atoms with Crippen LogP contribution < -0.4 is 0 Å². The zero-order valence-electron chi connectivity index (χ0n) is 9.59. The maximum absolute atomic E-state index is 4.40. The Morgan fingerprint density at radius 1 is 1.29 bits per heavy atom. The van der Waals surface area contributed by atoms with Crippen molar-refractivity contribution in [1.29, 1.82) is 0 Å². The number of aromatic amines is 1. The Bertz CT molecular complexity index is 637. The van der Waals surface area contributed by atoms with Gasteiger partial charge in [0.1, 0.15) is 5.82 Å². The van der Waals surface area contributed by atoms with Gasteiger partial charge in [-0.15, -0.1) is 0 Å². The van der Waals surface area contributed by atoms with Crippen LogP contribution in [0.3, 0.4) is 0 Å². The van der Waals surface area contributed by atoms with Gasteiger partial charge in [-0.05, 0) is 12.1 Å². The number of aromatic nitrogens is 5. The first kappa shape index (κ1) is 10.0. The van der Waals surface area contributed by atoms with Crippen molar-refractivity contribution in [2.24, 2.45) is 0 Å². The summed E-state index contributed by atoms with van der Waals surface area (Å²) in [5, 5.41) is 7.08. The van der Waals surface area contributed by atoms with E-state index in [1.807, 2.05) is 31.5 Å². The van der Waals surface area contributed by atoms with Gasteiger partial charge >= 0.3 is 0 Å². The molecule has 0 saturated heterocycles. The van der Waals surface area contributed by atoms with Gasteiger partial charge in [0.25, 0.3) is 0 Å². The number of nitrogens with zero attached hydrogens (tertiary/aromatic N) is 4. The van der Waals surface area contributed by atoms with E-state index in [4.69, 9.17) is 0 Å². The fraction of sp³-hybridized carbons (Fsp3) is 0.250. The fourth-order valence-corrected chi connectivity index (χ4v) is 1.86. The SMILES string of the molecule is CCc1n[nH]c(Cn2cnc3ccccc32)n1. The average molecular weight is 227 g/mol. The third-order valence-corrected chi connectivity index (χ3v) is 2.74. The van der Waals surface area contributed by atoms with E-state index < -0.39 is 0 Å². The molecule has 0 bridgehead atoms. The molecular weight excluding hydrogens is 214 g/mol. The lowest BCUT2D eigenvalue weighted by Gasteiger charge is -2.00. The maximum atomic E-state index is 4.40. The van der Waals surface area contributed by atoms with E-state index in [1.165, 1.54) is 0 Å². The van der Waals surface area contributed by atoms with Crippen molar-refractivity contribution in [1.82, 2.24) is 24.7 Å². The summed E-state index contributed by atoms with van der Waals surface area (Å²) in [5.41, 5.74) is 2.12. The molecule has 0 fully saturated rings. The summed E-state index contributed by atoms with van der Waals surface area (Å²) >= 11 is 0. The molecule has 0 spiro atoms. The summed E-state index contributed by atoms with van der Waals surface area (Å²) in [4.78, 5) is 8.74. The van der Waals surface area contributed by atoms with Crippen molar-refractivity contribution < 1.29 is 0 Å². The molecule has 0 aliphatic rings. The van der Waals surface area contributed by atoms with Crippen molar-refractivity contribution >= 4 is 11.0 Å². The van der Waals surface area contributed by atoms with E-state index in [-0.39, 0.29) is 0 Å². The van der Waals surface area contributed by atoms with Crippen LogP contribution in [0.25, 0.3) is 11.0 Å². The minimum absolute atomic E-state index is 0.674. The molecule has 3 rings (SSSR count). The number of nitrogens with one attached hydrogen (secondary N) is 1. The van der Waals surface area contributed by atoms with E-state index in [0.29, 0.717) is 6.54 Å². The molecule has 1 aromatic carbocycles. The molecule has 0 radical (unpaired) electrons. The van der Waals surface area contributed by atoms with Gasteiger partial charge in [-0.25, -0.2) is 9.97 Å². The lowest BCUT2D eigenvalue weighted by atomic mass is 10.3. The molecule has 0 aliphatic carbocycles. The number of para-hydroxylation sites is 2. The molecule has 3 aromatic rings. The summed E-state index contributed by atoms with van der Waals surface area (Å²) < 4.78 is 2.06. The Labute approximate surface area is 98.5 Å². The quantitative estimate of drug-likeness (QED) is 0.741. The molecule has 86 valence electrons. The van der Waals surface area contributed by atoms with Crippen LogP contribution >= 0.6 is 0 Å². The zero-order valence-corrected chi connectivity index (χ0v) is 9.59. The van der Waals surface area contributed by atoms with Crippen LogP contribution in [-0.4, -0.2) is 24.7 Å². The number of imidazole rings is 1. The lowest BCUT2D eigenvalue weighted by Crippen LogP contribution is -2.00. The molecule has 17 heavy (non-hydrogen) atoms. The Kier molecular flexibility index (Phi) is 2.36. The van der Waals surface area contributed by atoms with Crippen molar-refractivity contribution in [3.05, 3.63) is 42.2 Å². The first-order valence-corrected chi connectivity index (χ1v) is 5.67. The normalized spacial score (nSPS) is 11.1. The molecule has 0 unspecified atom stereocenters. The standard InChI is InChI=1S/C12H13N5/c1-2-11-14-12(16-15-11)7-17-8-13-9-5-3-4-6-10(9)17/h3-6,8H,2,7H2,1H3,(H,14,15,16). The highest BCUT2D eigenvalue weighted by Gasteiger charge is 2.05. The van der Waals surface area contributed by atoms with E-state index in [0.717, 1.165) is 29.1 Å². The molecule has 2 aromatic heterocycles. The predicted octanol–water partition coefficient (Wildman–Crippen LogP) is 1.77. The van der Waals surface area contributed by atoms with Crippen molar-refractivity contribution in [3.63, 3.8) is 0 Å². The number of H-pyrrole nitrogens is 1. The van der Waals surface area contributed by atoms with Crippen LogP contribution in [0, 0.1) is 0 Å². The number of hydrogen-bond donors (Lipinski definition) is 1. The Hall–Kier alpha value is -2.17. The summed E-state index contributed by atoms with van der Waals surface area (Å²) in [5.74, 6) is 1.72. The molecule has 1 N–H and O–H groups in total. The topological polar surface area (TPSA) is 59.4 Å². The van der Waals surface area contributed by atoms with Gasteiger partial charge in [0.05, 0.1) is 23.9 Å². The third-order valence-electron chi connectivity index (χ3n) is 2.74. The van der Waals surface area contributed by atoms with Gasteiger partial charge in [0.2, 0.25) is 0 Å². The van der Waals surface area contributed by atoms with Crippen LogP contribution in [0.1, 0.15) is 18.6 Å². The van der Waals surface area contributed by atoms with Gasteiger partial charge in [-0.2, -0.15) is 5.10 Å². The second kappa shape index (κ2) is 4.01. The summed E-state index contributed by atoms with van der Waals surface area (Å²) in [6.45, 7) is 2.72. The average Bonchev–Trinajstić information content (AvgIpc) is 2.97. The largest absolute Gasteiger partial charge is 0.323 e. The first-order chi connectivity index (χ1) is 8.36. The number of aryl methyl sites for hydroxylation is 1. The molecule has 2 heterocycles. The number of rotatable bonds is 3. The third kappa shape index (κ3) is 1.80. The number of benzene rings is 1. The van der Waals surface area contributed by atoms with Crippen LogP contribution in [0.5, 0.6) is 0 Å². The minimum Gasteiger partial charge on any atom is -0.323 e. The van der Waals surface area contributed by atoms with E-state index in [2.05, 4.69) is 30.8 Å². The summed E-state index contributed by atoms with van der Waals surface area (Å²) in [7, 11) is 0. The molecule has 0 atom stereocenters. The highest BCUT2D eigenvalue weighted by molar-refractivity contribution is 5.74. The molecule has 0 saturated carbocycles. The predicted molar refractivity (Wildman–Crippen MR) is 64.6 cm³/mol. The van der Waals surface area contributed by atoms with Crippen LogP contribution in [0.15, 0.2) is 30.6 Å². The number of hydrogen-bond acceptors (Lipinski definition) is 3. The fourth-order valence-electron chi connectivity index (χ4n) is 1.86. The maximum Gasteiger partial charge on any atom is 0.150 e. The molecule has 5 heteroatoms. The van der Waals surface area contributed by atoms with Gasteiger partial charge in [0.15, 0.2) is 5.82 Å². The number of fused-ring (bicyclic) bond motifs is 1. The zero-order chi connectivity index (χ0) is 11.7. The Morgan fingerprint density at radius 3 is 3.00 bits per heavy atom. The molecule has 5 nitrogen and oxygen atoms in total. The van der Waals surface area contributed by atoms with Gasteiger partial charge in [-0.1, -0.05) is 19.1 Å². The molecular formula is C12H13N5. The summed E-state index contributed by atoms with van der Waals surface area (Å²) in [6.07, 6.45) is 2.68. The van der Waals surface area contributed by atoms with Crippen molar-refractivity contribution in [2.75, 3.05) is 0 Å². The van der Waals surface area contributed by atoms with Crippen molar-refractivity contribution in [2.45, 2.75) is 19.9 Å². The highest BCUT2D eigenvalue weighted by atomic mass is 15.2. The van der Waals surface area contributed by atoms with E-state index in [1.54, 1.807) is 0 Å². The van der Waals surface area contributed by atoms with Crippen LogP contribution in [0.4, 0.5) is 0 Å². The van der Waals surface area contributed by atoms with E-state index in [9.17, 15) is 0 Å². The minimum atomic E-state index is 0.674. The highest BCUT2D eigenvalue weighted by Crippen LogP contribution is 2.12. The van der Waals surface area contributed by atoms with Gasteiger partial charge in [-0.3, -0.25) is 5.10 Å². The van der Waals surface area contributed by atoms with Gasteiger partial charge in [0, 0.05) is 6.42 Å². The monoisotopic (exact) mass is 227 g/mol. The smallest absolute Gasteiger partial charge is 0.150 e. The van der Waals surface area contributed by atoms with Crippen LogP contribution in [0.2, 0.25) is 0 Å². The Balaban J connectivity index is 1.94. The molecule has 0 aliphatic heterocycles. The summed E-state index contributed by atoms with van der Waals surface area (Å²) in [6, 6.07) is 8.06. The second-order valence-corrected chi connectivity index (χ2v) is 3.91. The van der Waals surface area contributed by atoms with Gasteiger partial charge < -0.3 is 4.57 Å². The van der Waals surface area contributed by atoms with Crippen molar-refractivity contribution in [3.8, 4) is 0 Å². The second-order valence-electron chi connectivity index (χ2n) is 3.91. The first-order valence-electron chi connectivity index (χ1n) is 5.67.